The molecule has 0 unspecified atom stereocenters. The molecule has 92 valence electrons. The number of aromatic nitrogens is 3. The summed E-state index contributed by atoms with van der Waals surface area (Å²) in [5.41, 5.74) is 1.55. The van der Waals surface area contributed by atoms with Gasteiger partial charge in [-0.05, 0) is 17.5 Å². The largest absolute Gasteiger partial charge is 0.228 e. The first-order valence-electron chi connectivity index (χ1n) is 5.75. The fraction of sp³-hybridized carbons (Fsp3) is 0. The van der Waals surface area contributed by atoms with Crippen molar-refractivity contribution < 1.29 is 0 Å². The molecular formula is C14H7Cl2N3. The van der Waals surface area contributed by atoms with Gasteiger partial charge in [0.2, 0.25) is 0 Å². The minimum Gasteiger partial charge on any atom is -0.228 e. The molecule has 0 saturated carbocycles. The van der Waals surface area contributed by atoms with Crippen LogP contribution in [0, 0.1) is 0 Å². The Hall–Kier alpha value is -1.84. The number of halogens is 2. The average molecular weight is 288 g/mol. The van der Waals surface area contributed by atoms with Crippen LogP contribution in [0.15, 0.2) is 42.7 Å². The van der Waals surface area contributed by atoms with E-state index in [9.17, 15) is 0 Å². The summed E-state index contributed by atoms with van der Waals surface area (Å²) in [7, 11) is 0. The first-order valence-corrected chi connectivity index (χ1v) is 6.47. The molecule has 5 heteroatoms. The Morgan fingerprint density at radius 1 is 1.00 bits per heavy atom. The first kappa shape index (κ1) is 11.0. The summed E-state index contributed by atoms with van der Waals surface area (Å²) in [5.74, 6) is 0. The molecule has 2 aromatic carbocycles. The Morgan fingerprint density at radius 2 is 1.84 bits per heavy atom. The molecule has 4 rings (SSSR count). The maximum Gasteiger partial charge on any atom is 0.159 e. The van der Waals surface area contributed by atoms with Gasteiger partial charge in [0, 0.05) is 22.5 Å². The molecule has 0 aliphatic rings. The van der Waals surface area contributed by atoms with E-state index in [1.807, 2.05) is 18.2 Å². The molecule has 2 heterocycles. The van der Waals surface area contributed by atoms with Crippen LogP contribution in [0.1, 0.15) is 0 Å². The molecule has 0 radical (unpaired) electrons. The summed E-state index contributed by atoms with van der Waals surface area (Å²) < 4.78 is 1.36. The molecule has 0 aliphatic carbocycles. The number of rotatable bonds is 0. The number of nitrogens with zero attached hydrogens (tertiary/aromatic N) is 3. The molecule has 0 aliphatic heterocycles. The lowest BCUT2D eigenvalue weighted by Gasteiger charge is -2.03. The van der Waals surface area contributed by atoms with Gasteiger partial charge in [-0.15, -0.1) is 0 Å². The molecule has 2 aromatic heterocycles. The van der Waals surface area contributed by atoms with Crippen molar-refractivity contribution in [3.8, 4) is 0 Å². The van der Waals surface area contributed by atoms with Crippen molar-refractivity contribution in [2.45, 2.75) is 0 Å². The van der Waals surface area contributed by atoms with Gasteiger partial charge < -0.3 is 0 Å². The molecule has 4 aromatic rings. The topological polar surface area (TPSA) is 30.7 Å². The van der Waals surface area contributed by atoms with Crippen LogP contribution in [0.25, 0.3) is 32.7 Å². The third-order valence-electron chi connectivity index (χ3n) is 3.26. The second-order valence-electron chi connectivity index (χ2n) is 4.38. The zero-order chi connectivity index (χ0) is 13.0. The minimum absolute atomic E-state index is 0.409. The van der Waals surface area contributed by atoms with E-state index in [0.717, 1.165) is 27.1 Å². The molecule has 0 N–H and O–H groups in total. The fourth-order valence-electron chi connectivity index (χ4n) is 2.39. The van der Waals surface area contributed by atoms with Crippen LogP contribution < -0.4 is 0 Å². The Morgan fingerprint density at radius 3 is 2.74 bits per heavy atom. The van der Waals surface area contributed by atoms with Gasteiger partial charge in [-0.1, -0.05) is 35.9 Å². The lowest BCUT2D eigenvalue weighted by atomic mass is 10.2. The highest BCUT2D eigenvalue weighted by Crippen LogP contribution is 2.31. The first-order chi connectivity index (χ1) is 9.24. The molecule has 3 nitrogen and oxygen atoms in total. The summed E-state index contributed by atoms with van der Waals surface area (Å²) >= 11 is 12.2. The van der Waals surface area contributed by atoms with E-state index in [0.29, 0.717) is 10.8 Å². The minimum atomic E-state index is 0.409. The second kappa shape index (κ2) is 3.83. The van der Waals surface area contributed by atoms with Gasteiger partial charge in [0.25, 0.3) is 0 Å². The van der Waals surface area contributed by atoms with Crippen LogP contribution in [0.5, 0.6) is 0 Å². The third kappa shape index (κ3) is 1.52. The van der Waals surface area contributed by atoms with Crippen LogP contribution in [-0.4, -0.2) is 14.1 Å². The standard InChI is InChI=1S/C14H7Cl2N3/c15-13-11-6-9-5-8-3-1-2-4-10(8)12(9)18-14(11)19(16)7-17-13/h1-7H. The van der Waals surface area contributed by atoms with Gasteiger partial charge in [0.05, 0.1) is 10.9 Å². The zero-order valence-corrected chi connectivity index (χ0v) is 11.2. The van der Waals surface area contributed by atoms with E-state index in [1.54, 1.807) is 0 Å². The van der Waals surface area contributed by atoms with Crippen molar-refractivity contribution >= 4 is 56.1 Å². The van der Waals surface area contributed by atoms with E-state index in [2.05, 4.69) is 28.2 Å². The van der Waals surface area contributed by atoms with E-state index in [4.69, 9.17) is 23.4 Å². The normalized spacial score (nSPS) is 11.7. The summed E-state index contributed by atoms with van der Waals surface area (Å²) in [6.07, 6.45) is 1.45. The van der Waals surface area contributed by atoms with Crippen molar-refractivity contribution in [1.29, 1.82) is 0 Å². The highest BCUT2D eigenvalue weighted by molar-refractivity contribution is 6.35. The maximum atomic E-state index is 6.11. The predicted octanol–water partition coefficient (Wildman–Crippen LogP) is 4.39. The SMILES string of the molecule is Clc1ncn(Cl)c2nc3c(cc4ccccc43)cc12. The van der Waals surface area contributed by atoms with Gasteiger partial charge in [-0.2, -0.15) is 0 Å². The summed E-state index contributed by atoms with van der Waals surface area (Å²) in [6.45, 7) is 0. The highest BCUT2D eigenvalue weighted by Gasteiger charge is 2.10. The second-order valence-corrected chi connectivity index (χ2v) is 5.10. The van der Waals surface area contributed by atoms with Crippen LogP contribution in [-0.2, 0) is 0 Å². The lowest BCUT2D eigenvalue weighted by molar-refractivity contribution is 1.12. The van der Waals surface area contributed by atoms with Gasteiger partial charge in [0.1, 0.15) is 11.5 Å². The van der Waals surface area contributed by atoms with E-state index in [-0.39, 0.29) is 0 Å². The van der Waals surface area contributed by atoms with Crippen molar-refractivity contribution in [3.05, 3.63) is 47.9 Å². The van der Waals surface area contributed by atoms with Crippen molar-refractivity contribution in [1.82, 2.24) is 14.1 Å². The molecule has 0 amide bonds. The maximum absolute atomic E-state index is 6.11. The summed E-state index contributed by atoms with van der Waals surface area (Å²) in [4.78, 5) is 8.66. The third-order valence-corrected chi connectivity index (χ3v) is 3.80. The Labute approximate surface area is 118 Å². The number of hydrogen-bond acceptors (Lipinski definition) is 2. The van der Waals surface area contributed by atoms with E-state index < -0.39 is 0 Å². The van der Waals surface area contributed by atoms with Crippen LogP contribution in [0.3, 0.4) is 0 Å². The number of benzene rings is 1. The van der Waals surface area contributed by atoms with Gasteiger partial charge in [-0.3, -0.25) is 0 Å². The van der Waals surface area contributed by atoms with E-state index >= 15 is 0 Å². The van der Waals surface area contributed by atoms with Gasteiger partial charge in [0.15, 0.2) is 5.65 Å². The molecule has 0 bridgehead atoms. The smallest absolute Gasteiger partial charge is 0.159 e. The zero-order valence-electron chi connectivity index (χ0n) is 9.64. The molecule has 0 fully saturated rings. The summed E-state index contributed by atoms with van der Waals surface area (Å²) in [6, 6.07) is 12.2. The molecule has 0 atom stereocenters. The summed E-state index contributed by atoms with van der Waals surface area (Å²) in [5, 5.41) is 4.48. The number of fused-ring (bicyclic) bond motifs is 4. The highest BCUT2D eigenvalue weighted by atomic mass is 35.5. The fourth-order valence-corrected chi connectivity index (χ4v) is 2.75. The van der Waals surface area contributed by atoms with Gasteiger partial charge >= 0.3 is 0 Å². The predicted molar refractivity (Wildman–Crippen MR) is 78.8 cm³/mol. The molecule has 19 heavy (non-hydrogen) atoms. The van der Waals surface area contributed by atoms with Gasteiger partial charge in [-0.25, -0.2) is 14.1 Å². The molecule has 0 saturated heterocycles. The Balaban J connectivity index is 2.28. The van der Waals surface area contributed by atoms with Crippen molar-refractivity contribution in [2.24, 2.45) is 0 Å². The number of hydrogen-bond donors (Lipinski definition) is 0. The van der Waals surface area contributed by atoms with Crippen LogP contribution in [0.2, 0.25) is 5.15 Å². The van der Waals surface area contributed by atoms with E-state index in [1.165, 1.54) is 10.4 Å². The average Bonchev–Trinajstić information content (AvgIpc) is 2.79. The quantitative estimate of drug-likeness (QED) is 0.449. The van der Waals surface area contributed by atoms with Crippen molar-refractivity contribution in [3.63, 3.8) is 0 Å². The monoisotopic (exact) mass is 287 g/mol. The number of pyridine rings is 1. The Bertz CT molecular complexity index is 944. The van der Waals surface area contributed by atoms with Crippen LogP contribution >= 0.6 is 23.4 Å². The van der Waals surface area contributed by atoms with Crippen LogP contribution in [0.4, 0.5) is 0 Å². The Kier molecular flexibility index (Phi) is 2.22. The molecular weight excluding hydrogens is 281 g/mol. The lowest BCUT2D eigenvalue weighted by Crippen LogP contribution is -1.93. The van der Waals surface area contributed by atoms with Crippen molar-refractivity contribution in [2.75, 3.05) is 0 Å². The molecule has 0 spiro atoms.